The number of Topliss-reactive ketones (excluding diaryl/α,β-unsaturated/α-hetero) is 1. The molecule has 2 aromatic rings. The van der Waals surface area contributed by atoms with E-state index < -0.39 is 15.8 Å². The van der Waals surface area contributed by atoms with Crippen LogP contribution in [0.4, 0.5) is 0 Å². The molecule has 24 heavy (non-hydrogen) atoms. The lowest BCUT2D eigenvalue weighted by atomic mass is 10.1. The molecule has 0 saturated heterocycles. The Kier molecular flexibility index (Phi) is 6.00. The van der Waals surface area contributed by atoms with Crippen molar-refractivity contribution >= 4 is 55.8 Å². The molecule has 1 aliphatic rings. The maximum Gasteiger partial charge on any atom is 0.319 e. The molecule has 5 nitrogen and oxygen atoms in total. The molecule has 3 rings (SSSR count). The van der Waals surface area contributed by atoms with Crippen LogP contribution in [0.1, 0.15) is 16.8 Å². The molecule has 0 aromatic heterocycles. The maximum absolute atomic E-state index is 11.3. The second kappa shape index (κ2) is 7.62. The van der Waals surface area contributed by atoms with Crippen molar-refractivity contribution in [2.75, 3.05) is 6.26 Å². The molecule has 126 valence electrons. The van der Waals surface area contributed by atoms with E-state index in [9.17, 15) is 18.0 Å². The molecule has 0 fully saturated rings. The third kappa shape index (κ3) is 4.78. The van der Waals surface area contributed by atoms with Gasteiger partial charge < -0.3 is 4.74 Å². The average molecular weight is 479 g/mol. The van der Waals surface area contributed by atoms with E-state index in [-0.39, 0.29) is 12.2 Å². The second-order valence-electron chi connectivity index (χ2n) is 4.92. The number of sulfone groups is 1. The molecular formula is C16H12ClIO5S. The molecule has 0 unspecified atom stereocenters. The molecule has 0 radical (unpaired) electrons. The van der Waals surface area contributed by atoms with Crippen molar-refractivity contribution in [2.24, 2.45) is 0 Å². The van der Waals surface area contributed by atoms with Crippen molar-refractivity contribution < 1.29 is 22.7 Å². The van der Waals surface area contributed by atoms with Crippen LogP contribution >= 0.6 is 34.2 Å². The van der Waals surface area contributed by atoms with Gasteiger partial charge in [0.1, 0.15) is 12.2 Å². The Morgan fingerprint density at radius 2 is 1.79 bits per heavy atom. The highest BCUT2D eigenvalue weighted by molar-refractivity contribution is 14.1. The fourth-order valence-electron chi connectivity index (χ4n) is 1.94. The van der Waals surface area contributed by atoms with E-state index in [0.29, 0.717) is 21.2 Å². The summed E-state index contributed by atoms with van der Waals surface area (Å²) in [4.78, 5) is 22.5. The summed E-state index contributed by atoms with van der Waals surface area (Å²) in [5.41, 5.74) is 0.382. The summed E-state index contributed by atoms with van der Waals surface area (Å²) in [6, 6.07) is 11.5. The fraction of sp³-hybridized carbons (Fsp3) is 0.125. The van der Waals surface area contributed by atoms with Crippen LogP contribution in [-0.4, -0.2) is 26.4 Å². The molecule has 0 bridgehead atoms. The van der Waals surface area contributed by atoms with Crippen LogP contribution in [-0.2, 0) is 14.6 Å². The zero-order chi connectivity index (χ0) is 17.9. The van der Waals surface area contributed by atoms with Crippen molar-refractivity contribution in [1.82, 2.24) is 0 Å². The van der Waals surface area contributed by atoms with E-state index in [0.717, 1.165) is 3.57 Å². The molecule has 0 N–H and O–H groups in total. The molecule has 0 atom stereocenters. The quantitative estimate of drug-likeness (QED) is 0.271. The average Bonchev–Trinajstić information content (AvgIpc) is 2.48. The first-order valence-electron chi connectivity index (χ1n) is 6.66. The second-order valence-corrected chi connectivity index (χ2v) is 8.50. The highest BCUT2D eigenvalue weighted by Crippen LogP contribution is 2.27. The molecule has 1 heterocycles. The summed E-state index contributed by atoms with van der Waals surface area (Å²) in [6.45, 7) is 0. The summed E-state index contributed by atoms with van der Waals surface area (Å²) in [7, 11) is -3.04. The van der Waals surface area contributed by atoms with Crippen molar-refractivity contribution in [3.8, 4) is 5.75 Å². The van der Waals surface area contributed by atoms with Gasteiger partial charge in [0.25, 0.3) is 0 Å². The Labute approximate surface area is 158 Å². The minimum absolute atomic E-state index is 0.201. The third-order valence-electron chi connectivity index (χ3n) is 3.01. The number of carbonyl (C=O) groups excluding carboxylic acids is 2. The number of fused-ring (bicyclic) bond motifs is 1. The minimum Gasteiger partial charge on any atom is -0.425 e. The Morgan fingerprint density at radius 1 is 1.12 bits per heavy atom. The van der Waals surface area contributed by atoms with Gasteiger partial charge >= 0.3 is 5.97 Å². The summed E-state index contributed by atoms with van der Waals surface area (Å²) in [6.07, 6.45) is 1.01. The third-order valence-corrected chi connectivity index (χ3v) is 5.70. The van der Waals surface area contributed by atoms with Gasteiger partial charge in [0.05, 0.1) is 10.5 Å². The number of hydrogen-bond acceptors (Lipinski definition) is 5. The van der Waals surface area contributed by atoms with Crippen LogP contribution in [0.15, 0.2) is 47.4 Å². The van der Waals surface area contributed by atoms with E-state index >= 15 is 0 Å². The lowest BCUT2D eigenvalue weighted by Gasteiger charge is -2.13. The van der Waals surface area contributed by atoms with Gasteiger partial charge in [-0.25, -0.2) is 8.42 Å². The van der Waals surface area contributed by atoms with Gasteiger partial charge in [0.15, 0.2) is 15.6 Å². The molecule has 0 aliphatic carbocycles. The fourth-order valence-corrected chi connectivity index (χ4v) is 4.45. The summed E-state index contributed by atoms with van der Waals surface area (Å²) >= 11 is 7.69. The maximum atomic E-state index is 11.3. The number of hydrogen-bond donors (Lipinski definition) is 0. The van der Waals surface area contributed by atoms with Gasteiger partial charge in [-0.1, -0.05) is 23.7 Å². The topological polar surface area (TPSA) is 77.5 Å². The summed E-state index contributed by atoms with van der Waals surface area (Å²) in [5, 5.41) is 0.463. The number of rotatable bonds is 1. The zero-order valence-electron chi connectivity index (χ0n) is 12.5. The monoisotopic (exact) mass is 478 g/mol. The lowest BCUT2D eigenvalue weighted by Crippen LogP contribution is -2.21. The van der Waals surface area contributed by atoms with Crippen molar-refractivity contribution in [1.29, 1.82) is 0 Å². The van der Waals surface area contributed by atoms with Gasteiger partial charge in [-0.2, -0.15) is 0 Å². The summed E-state index contributed by atoms with van der Waals surface area (Å²) < 4.78 is 27.7. The first-order chi connectivity index (χ1) is 11.2. The minimum atomic E-state index is -3.04. The molecule has 0 spiro atoms. The lowest BCUT2D eigenvalue weighted by molar-refractivity contribution is -0.133. The number of halogens is 2. The van der Waals surface area contributed by atoms with E-state index in [1.807, 2.05) is 28.7 Å². The Bertz CT molecular complexity index is 908. The Balaban J connectivity index is 0.000000177. The first-order valence-corrected chi connectivity index (χ1v) is 10.0. The molecule has 8 heteroatoms. The molecule has 0 saturated carbocycles. The predicted octanol–water partition coefficient (Wildman–Crippen LogP) is 3.53. The number of ketones is 1. The van der Waals surface area contributed by atoms with Gasteiger partial charge in [-0.05, 0) is 52.9 Å². The van der Waals surface area contributed by atoms with Crippen LogP contribution < -0.4 is 4.74 Å². The number of carbonyl (C=O) groups is 2. The molecular weight excluding hydrogens is 467 g/mol. The van der Waals surface area contributed by atoms with Gasteiger partial charge in [0, 0.05) is 14.8 Å². The van der Waals surface area contributed by atoms with Crippen LogP contribution in [0, 0.1) is 3.57 Å². The highest BCUT2D eigenvalue weighted by Gasteiger charge is 2.24. The number of benzene rings is 2. The first kappa shape index (κ1) is 18.9. The number of ether oxygens (including phenoxy) is 1. The smallest absolute Gasteiger partial charge is 0.319 e. The van der Waals surface area contributed by atoms with Crippen LogP contribution in [0.2, 0.25) is 5.02 Å². The predicted molar refractivity (Wildman–Crippen MR) is 98.3 cm³/mol. The Hall–Kier alpha value is -1.45. The molecule has 2 aromatic carbocycles. The Morgan fingerprint density at radius 3 is 2.38 bits per heavy atom. The van der Waals surface area contributed by atoms with Crippen molar-refractivity contribution in [3.05, 3.63) is 56.6 Å². The number of esters is 1. The van der Waals surface area contributed by atoms with Crippen molar-refractivity contribution in [3.63, 3.8) is 0 Å². The van der Waals surface area contributed by atoms with Crippen molar-refractivity contribution in [2.45, 2.75) is 11.3 Å². The standard InChI is InChI=1S/C9H5ClO3.C7H7IO2S/c10-5-1-2-8-6(3-5)7(11)4-9(12)13-8;1-11(9,10)7-5-3-2-4-6(7)8/h1-3H,4H2;2-5H,1H3. The van der Waals surface area contributed by atoms with Crippen LogP contribution in [0.25, 0.3) is 0 Å². The van der Waals surface area contributed by atoms with Crippen LogP contribution in [0.3, 0.4) is 0 Å². The van der Waals surface area contributed by atoms with Gasteiger partial charge in [-0.15, -0.1) is 0 Å². The molecule has 0 amide bonds. The van der Waals surface area contributed by atoms with Gasteiger partial charge in [0.2, 0.25) is 0 Å². The van der Waals surface area contributed by atoms with E-state index in [2.05, 4.69) is 0 Å². The van der Waals surface area contributed by atoms with Crippen LogP contribution in [0.5, 0.6) is 5.75 Å². The normalized spacial score (nSPS) is 13.5. The molecule has 1 aliphatic heterocycles. The SMILES string of the molecule is CS(=O)(=O)c1ccccc1I.O=C1CC(=O)c2cc(Cl)ccc2O1. The highest BCUT2D eigenvalue weighted by atomic mass is 127. The largest absolute Gasteiger partial charge is 0.425 e. The van der Waals surface area contributed by atoms with E-state index in [1.54, 1.807) is 24.3 Å². The van der Waals surface area contributed by atoms with E-state index in [4.69, 9.17) is 16.3 Å². The van der Waals surface area contributed by atoms with Gasteiger partial charge in [-0.3, -0.25) is 9.59 Å². The zero-order valence-corrected chi connectivity index (χ0v) is 16.2. The van der Waals surface area contributed by atoms with E-state index in [1.165, 1.54) is 18.4 Å². The summed E-state index contributed by atoms with van der Waals surface area (Å²) in [5.74, 6) is -0.459.